The zero-order valence-electron chi connectivity index (χ0n) is 18.3. The lowest BCUT2D eigenvalue weighted by Gasteiger charge is -2.13. The van der Waals surface area contributed by atoms with Gasteiger partial charge >= 0.3 is 5.91 Å². The molecule has 0 fully saturated rings. The number of rotatable bonds is 6. The minimum Gasteiger partial charge on any atom is -0.494 e. The number of hydrogen-bond donors (Lipinski definition) is 1. The van der Waals surface area contributed by atoms with Crippen LogP contribution in [0.3, 0.4) is 0 Å². The Labute approximate surface area is 210 Å². The number of nitrogens with zero attached hydrogens (tertiary/aromatic N) is 3. The molecule has 0 saturated heterocycles. The first kappa shape index (κ1) is 23.7. The Bertz CT molecular complexity index is 1470. The second-order valence-corrected chi connectivity index (χ2v) is 9.16. The molecule has 1 N–H and O–H groups in total. The number of carbonyl (C=O) groups is 1. The molecule has 2 heterocycles. The second kappa shape index (κ2) is 9.43. The molecule has 174 valence electrons. The smallest absolute Gasteiger partial charge is 0.307 e. The van der Waals surface area contributed by atoms with Crippen molar-refractivity contribution in [2.24, 2.45) is 5.10 Å². The summed E-state index contributed by atoms with van der Waals surface area (Å²) in [5, 5.41) is 15.9. The Balaban J connectivity index is 1.57. The molecule has 2 aromatic heterocycles. The number of methoxy groups -OCH3 is 1. The summed E-state index contributed by atoms with van der Waals surface area (Å²) in [6.45, 7) is 3.78. The zero-order chi connectivity index (χ0) is 24.6. The monoisotopic (exact) mass is 588 g/mol. The molecule has 0 spiro atoms. The third kappa shape index (κ3) is 4.48. The van der Waals surface area contributed by atoms with Crippen molar-refractivity contribution in [1.82, 2.24) is 9.99 Å². The SMILES string of the molecule is COc1cc([N+](=O)[O-])ccc1-n1c(C)cc(/C=N\NC(=O)c2cc3cc(Br)cc(Br)c3o2)c1C. The van der Waals surface area contributed by atoms with Crippen LogP contribution in [0, 0.1) is 24.0 Å². The van der Waals surface area contributed by atoms with Crippen molar-refractivity contribution in [2.75, 3.05) is 7.11 Å². The van der Waals surface area contributed by atoms with Gasteiger partial charge in [-0.1, -0.05) is 15.9 Å². The molecular formula is C23H18Br2N4O5. The Hall–Kier alpha value is -3.44. The Morgan fingerprint density at radius 3 is 2.68 bits per heavy atom. The first-order valence-corrected chi connectivity index (χ1v) is 11.5. The maximum absolute atomic E-state index is 12.5. The summed E-state index contributed by atoms with van der Waals surface area (Å²) in [5.41, 5.74) is 6.09. The van der Waals surface area contributed by atoms with E-state index in [2.05, 4.69) is 42.4 Å². The maximum atomic E-state index is 12.5. The number of fused-ring (bicyclic) bond motifs is 1. The first-order chi connectivity index (χ1) is 16.2. The Morgan fingerprint density at radius 2 is 1.97 bits per heavy atom. The van der Waals surface area contributed by atoms with Gasteiger partial charge in [0, 0.05) is 32.9 Å². The molecule has 0 bridgehead atoms. The van der Waals surface area contributed by atoms with Gasteiger partial charge in [0.15, 0.2) is 5.76 Å². The van der Waals surface area contributed by atoms with Gasteiger partial charge in [-0.05, 0) is 60.1 Å². The highest BCUT2D eigenvalue weighted by atomic mass is 79.9. The molecule has 0 atom stereocenters. The number of nitrogens with one attached hydrogen (secondary N) is 1. The molecule has 0 radical (unpaired) electrons. The topological polar surface area (TPSA) is 112 Å². The van der Waals surface area contributed by atoms with E-state index in [1.54, 1.807) is 12.1 Å². The number of furan rings is 1. The summed E-state index contributed by atoms with van der Waals surface area (Å²) >= 11 is 6.83. The van der Waals surface area contributed by atoms with E-state index in [4.69, 9.17) is 9.15 Å². The van der Waals surface area contributed by atoms with E-state index < -0.39 is 10.8 Å². The maximum Gasteiger partial charge on any atom is 0.307 e. The number of aryl methyl sites for hydroxylation is 1. The molecule has 1 amide bonds. The van der Waals surface area contributed by atoms with Crippen molar-refractivity contribution in [2.45, 2.75) is 13.8 Å². The number of carbonyl (C=O) groups excluding carboxylic acids is 1. The van der Waals surface area contributed by atoms with Gasteiger partial charge in [0.05, 0.1) is 34.5 Å². The van der Waals surface area contributed by atoms with Crippen molar-refractivity contribution in [3.8, 4) is 11.4 Å². The summed E-state index contributed by atoms with van der Waals surface area (Å²) in [5.74, 6) is 0.0174. The first-order valence-electron chi connectivity index (χ1n) is 9.93. The number of ether oxygens (including phenoxy) is 1. The van der Waals surface area contributed by atoms with Gasteiger partial charge in [-0.2, -0.15) is 5.10 Å². The van der Waals surface area contributed by atoms with Crippen LogP contribution in [0.25, 0.3) is 16.7 Å². The molecule has 4 rings (SSSR count). The molecule has 0 aliphatic rings. The molecule has 0 saturated carbocycles. The predicted molar refractivity (Wildman–Crippen MR) is 135 cm³/mol. The number of nitro benzene ring substituents is 1. The van der Waals surface area contributed by atoms with E-state index in [0.29, 0.717) is 17.0 Å². The molecule has 34 heavy (non-hydrogen) atoms. The number of nitro groups is 1. The summed E-state index contributed by atoms with van der Waals surface area (Å²) in [4.78, 5) is 23.2. The van der Waals surface area contributed by atoms with Crippen LogP contribution >= 0.6 is 31.9 Å². The van der Waals surface area contributed by atoms with E-state index in [9.17, 15) is 14.9 Å². The van der Waals surface area contributed by atoms with Crippen LogP contribution in [0.4, 0.5) is 5.69 Å². The fourth-order valence-electron chi connectivity index (χ4n) is 3.66. The molecule has 0 unspecified atom stereocenters. The minimum atomic E-state index is -0.485. The van der Waals surface area contributed by atoms with Crippen molar-refractivity contribution in [1.29, 1.82) is 0 Å². The van der Waals surface area contributed by atoms with Crippen LogP contribution in [0.15, 0.2) is 60.9 Å². The second-order valence-electron chi connectivity index (χ2n) is 7.39. The van der Waals surface area contributed by atoms with E-state index in [1.165, 1.54) is 25.5 Å². The number of amides is 1. The fraction of sp³-hybridized carbons (Fsp3) is 0.130. The van der Waals surface area contributed by atoms with Crippen LogP contribution < -0.4 is 10.2 Å². The van der Waals surface area contributed by atoms with Crippen molar-refractivity contribution >= 4 is 60.6 Å². The van der Waals surface area contributed by atoms with Gasteiger partial charge in [-0.25, -0.2) is 5.43 Å². The van der Waals surface area contributed by atoms with Crippen LogP contribution in [0.2, 0.25) is 0 Å². The third-order valence-corrected chi connectivity index (χ3v) is 6.26. The average molecular weight is 590 g/mol. The van der Waals surface area contributed by atoms with Gasteiger partial charge < -0.3 is 13.7 Å². The lowest BCUT2D eigenvalue weighted by Crippen LogP contribution is -2.16. The van der Waals surface area contributed by atoms with Crippen molar-refractivity contribution < 1.29 is 18.9 Å². The van der Waals surface area contributed by atoms with E-state index in [0.717, 1.165) is 31.3 Å². The van der Waals surface area contributed by atoms with Gasteiger partial charge in [0.25, 0.3) is 5.69 Å². The zero-order valence-corrected chi connectivity index (χ0v) is 21.4. The van der Waals surface area contributed by atoms with E-state index >= 15 is 0 Å². The number of aromatic nitrogens is 1. The average Bonchev–Trinajstić information content (AvgIpc) is 3.34. The lowest BCUT2D eigenvalue weighted by atomic mass is 10.2. The highest BCUT2D eigenvalue weighted by molar-refractivity contribution is 9.11. The summed E-state index contributed by atoms with van der Waals surface area (Å²) < 4.78 is 14.5. The Kier molecular flexibility index (Phi) is 6.58. The normalized spacial score (nSPS) is 11.3. The number of halogens is 2. The largest absolute Gasteiger partial charge is 0.494 e. The van der Waals surface area contributed by atoms with Crippen LogP contribution in [0.5, 0.6) is 5.75 Å². The van der Waals surface area contributed by atoms with Gasteiger partial charge in [0.1, 0.15) is 11.3 Å². The molecule has 9 nitrogen and oxygen atoms in total. The van der Waals surface area contributed by atoms with E-state index in [-0.39, 0.29) is 11.4 Å². The van der Waals surface area contributed by atoms with Gasteiger partial charge in [-0.15, -0.1) is 0 Å². The molecule has 0 aliphatic heterocycles. The van der Waals surface area contributed by atoms with Crippen LogP contribution in [0.1, 0.15) is 27.5 Å². The highest BCUT2D eigenvalue weighted by Crippen LogP contribution is 2.32. The summed E-state index contributed by atoms with van der Waals surface area (Å²) in [6.07, 6.45) is 1.53. The van der Waals surface area contributed by atoms with Gasteiger partial charge in [-0.3, -0.25) is 14.9 Å². The Morgan fingerprint density at radius 1 is 1.21 bits per heavy atom. The standard InChI is InChI=1S/C23H18Br2N4O5/c1-12-6-15(13(2)28(12)19-5-4-17(29(31)32)10-20(19)33-3)11-26-27-23(30)21-8-14-7-16(24)9-18(25)22(14)34-21/h4-11H,1-3H3,(H,27,30)/b26-11-. The van der Waals surface area contributed by atoms with Crippen LogP contribution in [-0.2, 0) is 0 Å². The predicted octanol–water partition coefficient (Wildman–Crippen LogP) is 6.05. The molecule has 0 aliphatic carbocycles. The van der Waals surface area contributed by atoms with Gasteiger partial charge in [0.2, 0.25) is 0 Å². The molecule has 11 heteroatoms. The fourth-order valence-corrected chi connectivity index (χ4v) is 5.00. The highest BCUT2D eigenvalue weighted by Gasteiger charge is 2.18. The summed E-state index contributed by atoms with van der Waals surface area (Å²) in [7, 11) is 1.46. The van der Waals surface area contributed by atoms with E-state index in [1.807, 2.05) is 36.6 Å². The van der Waals surface area contributed by atoms with Crippen molar-refractivity contribution in [3.63, 3.8) is 0 Å². The molecule has 4 aromatic rings. The summed E-state index contributed by atoms with van der Waals surface area (Å²) in [6, 6.07) is 11.7. The number of hydrazone groups is 1. The number of benzene rings is 2. The molecular weight excluding hydrogens is 572 g/mol. The third-order valence-electron chi connectivity index (χ3n) is 5.21. The lowest BCUT2D eigenvalue weighted by molar-refractivity contribution is -0.384. The quantitative estimate of drug-likeness (QED) is 0.167. The number of non-ortho nitro benzene ring substituents is 1. The van der Waals surface area contributed by atoms with Crippen LogP contribution in [-0.4, -0.2) is 28.7 Å². The van der Waals surface area contributed by atoms with Crippen molar-refractivity contribution in [3.05, 3.63) is 84.2 Å². The minimum absolute atomic E-state index is 0.0578. The number of hydrogen-bond acceptors (Lipinski definition) is 6. The molecule has 2 aromatic carbocycles.